The number of benzene rings is 2. The van der Waals surface area contributed by atoms with E-state index < -0.39 is 0 Å². The van der Waals surface area contributed by atoms with E-state index in [2.05, 4.69) is 57.2 Å². The second-order valence-corrected chi connectivity index (χ2v) is 12.8. The van der Waals surface area contributed by atoms with Crippen LogP contribution in [0, 0.1) is 0 Å². The number of ether oxygens (including phenoxy) is 1. The van der Waals surface area contributed by atoms with Crippen molar-refractivity contribution in [2.24, 2.45) is 10.7 Å². The minimum Gasteiger partial charge on any atom is -0.507 e. The van der Waals surface area contributed by atoms with Crippen molar-refractivity contribution in [2.45, 2.75) is 70.9 Å². The third kappa shape index (κ3) is 7.53. The summed E-state index contributed by atoms with van der Waals surface area (Å²) in [7, 11) is 0. The monoisotopic (exact) mass is 570 g/mol. The molecule has 0 spiro atoms. The Hall–Kier alpha value is -3.07. The Kier molecular flexibility index (Phi) is 9.36. The van der Waals surface area contributed by atoms with Crippen LogP contribution in [-0.4, -0.2) is 35.5 Å². The first-order valence-electron chi connectivity index (χ1n) is 12.9. The summed E-state index contributed by atoms with van der Waals surface area (Å²) in [5, 5.41) is 19.3. The fourth-order valence-electron chi connectivity index (χ4n) is 4.48. The topological polar surface area (TPSA) is 109 Å². The van der Waals surface area contributed by atoms with E-state index in [4.69, 9.17) is 10.5 Å². The van der Waals surface area contributed by atoms with Gasteiger partial charge in [0.25, 0.3) is 0 Å². The Labute approximate surface area is 241 Å². The predicted molar refractivity (Wildman–Crippen MR) is 163 cm³/mol. The minimum absolute atomic E-state index is 0. The number of aromatic hydroxyl groups is 1. The highest BCUT2D eigenvalue weighted by Crippen LogP contribution is 2.41. The molecule has 0 aliphatic carbocycles. The van der Waals surface area contributed by atoms with Crippen molar-refractivity contribution in [1.82, 2.24) is 5.32 Å². The summed E-state index contributed by atoms with van der Waals surface area (Å²) in [6.07, 6.45) is 0.416. The van der Waals surface area contributed by atoms with E-state index in [0.29, 0.717) is 30.2 Å². The Morgan fingerprint density at radius 1 is 1.08 bits per heavy atom. The first-order valence-corrected chi connectivity index (χ1v) is 13.8. The zero-order valence-electron chi connectivity index (χ0n) is 23.4. The van der Waals surface area contributed by atoms with Crippen LogP contribution in [0.25, 0.3) is 0 Å². The zero-order chi connectivity index (χ0) is 27.7. The molecule has 3 aromatic rings. The van der Waals surface area contributed by atoms with Crippen molar-refractivity contribution in [2.75, 3.05) is 11.9 Å². The third-order valence-corrected chi connectivity index (χ3v) is 7.46. The van der Waals surface area contributed by atoms with E-state index in [1.807, 2.05) is 53.9 Å². The molecule has 0 radical (unpaired) electrons. The molecule has 0 saturated carbocycles. The van der Waals surface area contributed by atoms with Crippen LogP contribution in [0.3, 0.4) is 0 Å². The first kappa shape index (κ1) is 30.5. The van der Waals surface area contributed by atoms with Gasteiger partial charge in [0.2, 0.25) is 5.91 Å². The van der Waals surface area contributed by atoms with E-state index in [0.717, 1.165) is 27.4 Å². The number of phenolic OH excluding ortho intramolecular Hbond substituents is 1. The fourth-order valence-corrected chi connectivity index (χ4v) is 5.11. The molecule has 5 N–H and O–H groups in total. The number of hydrogen-bond donors (Lipinski definition) is 4. The number of thiophene rings is 1. The van der Waals surface area contributed by atoms with Crippen molar-refractivity contribution in [3.63, 3.8) is 0 Å². The lowest BCUT2D eigenvalue weighted by atomic mass is 9.79. The highest BCUT2D eigenvalue weighted by molar-refractivity contribution is 7.12. The van der Waals surface area contributed by atoms with Crippen LogP contribution in [-0.2, 0) is 15.6 Å². The number of rotatable bonds is 6. The van der Waals surface area contributed by atoms with Crippen molar-refractivity contribution >= 4 is 46.9 Å². The SMILES string of the molecule is CC(C)(C)c1cc(NC(=O)[C@@H]2CC(Oc3ccc(N=C(N)c4cccs4)cc3)CN2)cc(C(C)(C)C)c1O.Cl. The summed E-state index contributed by atoms with van der Waals surface area (Å²) in [6.45, 7) is 12.9. The Bertz CT molecular complexity index is 1270. The molecular formula is C30H39ClN4O3S. The van der Waals surface area contributed by atoms with Crippen LogP contribution in [0.2, 0.25) is 0 Å². The lowest BCUT2D eigenvalue weighted by molar-refractivity contribution is -0.117. The molecule has 1 fully saturated rings. The summed E-state index contributed by atoms with van der Waals surface area (Å²) in [5.41, 5.74) is 8.59. The van der Waals surface area contributed by atoms with Crippen LogP contribution in [0.15, 0.2) is 58.9 Å². The molecular weight excluding hydrogens is 532 g/mol. The second-order valence-electron chi connectivity index (χ2n) is 11.8. The van der Waals surface area contributed by atoms with E-state index >= 15 is 0 Å². The van der Waals surface area contributed by atoms with Crippen LogP contribution < -0.4 is 21.1 Å². The number of phenols is 1. The number of hydrogen-bond acceptors (Lipinski definition) is 6. The minimum atomic E-state index is -0.376. The molecule has 9 heteroatoms. The average molecular weight is 571 g/mol. The Morgan fingerprint density at radius 2 is 1.69 bits per heavy atom. The number of amides is 1. The second kappa shape index (κ2) is 12.0. The Morgan fingerprint density at radius 3 is 2.23 bits per heavy atom. The standard InChI is InChI=1S/C30H38N4O3S.ClH/c1-29(2,3)22-14-19(15-23(26(22)35)30(4,5)6)34-28(36)24-16-21(17-32-24)37-20-11-9-18(10-12-20)33-27(31)25-8-7-13-38-25;/h7-15,21,24,32,35H,16-17H2,1-6H3,(H2,31,33)(H,34,36);1H/t21?,24-;/m0./s1. The average Bonchev–Trinajstić information content (AvgIpc) is 3.52. The highest BCUT2D eigenvalue weighted by Gasteiger charge is 2.32. The number of nitrogens with zero attached hydrogens (tertiary/aromatic N) is 1. The van der Waals surface area contributed by atoms with Gasteiger partial charge in [-0.1, -0.05) is 47.6 Å². The molecule has 1 aliphatic rings. The van der Waals surface area contributed by atoms with Crippen molar-refractivity contribution in [1.29, 1.82) is 0 Å². The summed E-state index contributed by atoms with van der Waals surface area (Å²) >= 11 is 1.55. The van der Waals surface area contributed by atoms with Crippen molar-refractivity contribution < 1.29 is 14.6 Å². The van der Waals surface area contributed by atoms with Crippen molar-refractivity contribution in [3.8, 4) is 11.5 Å². The van der Waals surface area contributed by atoms with Gasteiger partial charge in [-0.15, -0.1) is 23.7 Å². The molecule has 39 heavy (non-hydrogen) atoms. The van der Waals surface area contributed by atoms with Gasteiger partial charge in [0.1, 0.15) is 23.4 Å². The number of carbonyl (C=O) groups excluding carboxylic acids is 1. The lowest BCUT2D eigenvalue weighted by Crippen LogP contribution is -2.35. The normalized spacial score (nSPS) is 17.9. The van der Waals surface area contributed by atoms with E-state index in [1.165, 1.54) is 0 Å². The van der Waals surface area contributed by atoms with Gasteiger partial charge in [0.15, 0.2) is 0 Å². The van der Waals surface area contributed by atoms with E-state index in [9.17, 15) is 9.90 Å². The van der Waals surface area contributed by atoms with Crippen LogP contribution in [0.5, 0.6) is 11.5 Å². The molecule has 1 aliphatic heterocycles. The van der Waals surface area contributed by atoms with Crippen molar-refractivity contribution in [3.05, 3.63) is 69.9 Å². The van der Waals surface area contributed by atoms with Gasteiger partial charge in [-0.25, -0.2) is 4.99 Å². The van der Waals surface area contributed by atoms with Gasteiger partial charge in [-0.2, -0.15) is 0 Å². The van der Waals surface area contributed by atoms with Crippen LogP contribution in [0.4, 0.5) is 11.4 Å². The number of carbonyl (C=O) groups is 1. The highest BCUT2D eigenvalue weighted by atomic mass is 35.5. The van der Waals surface area contributed by atoms with E-state index in [1.54, 1.807) is 11.3 Å². The number of amidine groups is 1. The number of aliphatic imine (C=N–C) groups is 1. The fraction of sp³-hybridized carbons (Fsp3) is 0.400. The van der Waals surface area contributed by atoms with Gasteiger partial charge in [-0.05, 0) is 58.7 Å². The summed E-state index contributed by atoms with van der Waals surface area (Å²) in [6, 6.07) is 14.7. The largest absolute Gasteiger partial charge is 0.507 e. The number of nitrogens with two attached hydrogens (primary N) is 1. The molecule has 1 amide bonds. The Balaban J connectivity index is 0.00000420. The smallest absolute Gasteiger partial charge is 0.241 e. The molecule has 210 valence electrons. The molecule has 1 unspecified atom stereocenters. The van der Waals surface area contributed by atoms with E-state index in [-0.39, 0.29) is 41.3 Å². The predicted octanol–water partition coefficient (Wildman–Crippen LogP) is 6.26. The van der Waals surface area contributed by atoms with Gasteiger partial charge < -0.3 is 26.2 Å². The molecule has 2 aromatic carbocycles. The maximum atomic E-state index is 13.1. The molecule has 7 nitrogen and oxygen atoms in total. The number of anilines is 1. The molecule has 2 atom stereocenters. The number of halogens is 1. The summed E-state index contributed by atoms with van der Waals surface area (Å²) < 4.78 is 6.13. The van der Waals surface area contributed by atoms with Crippen LogP contribution in [0.1, 0.15) is 64.0 Å². The van der Waals surface area contributed by atoms with Gasteiger partial charge in [-0.3, -0.25) is 4.79 Å². The maximum absolute atomic E-state index is 13.1. The lowest BCUT2D eigenvalue weighted by Gasteiger charge is -2.28. The van der Waals surface area contributed by atoms with Gasteiger partial charge >= 0.3 is 0 Å². The number of nitrogens with one attached hydrogen (secondary N) is 2. The zero-order valence-corrected chi connectivity index (χ0v) is 25.0. The van der Waals surface area contributed by atoms with Crippen LogP contribution >= 0.6 is 23.7 Å². The van der Waals surface area contributed by atoms with Gasteiger partial charge in [0.05, 0.1) is 16.6 Å². The molecule has 4 rings (SSSR count). The molecule has 1 saturated heterocycles. The molecule has 0 bridgehead atoms. The first-order chi connectivity index (χ1) is 17.8. The van der Waals surface area contributed by atoms with Gasteiger partial charge in [0, 0.05) is 29.8 Å². The molecule has 1 aromatic heterocycles. The maximum Gasteiger partial charge on any atom is 0.241 e. The summed E-state index contributed by atoms with van der Waals surface area (Å²) in [5.74, 6) is 1.38. The third-order valence-electron chi connectivity index (χ3n) is 6.56. The molecule has 2 heterocycles. The quantitative estimate of drug-likeness (QED) is 0.159. The summed E-state index contributed by atoms with van der Waals surface area (Å²) in [4.78, 5) is 18.5.